The van der Waals surface area contributed by atoms with Crippen LogP contribution in [0.5, 0.6) is 0 Å². The molecule has 0 aliphatic heterocycles. The smallest absolute Gasteiger partial charge is 0.302 e. The third-order valence-corrected chi connectivity index (χ3v) is 9.22. The molecule has 2 saturated carbocycles. The van der Waals surface area contributed by atoms with E-state index >= 15 is 0 Å². The number of allylic oxidation sites excluding steroid dienone is 1. The van der Waals surface area contributed by atoms with Crippen LogP contribution in [0.2, 0.25) is 0 Å². The largest absolute Gasteiger partial charge is 0.462 e. The summed E-state index contributed by atoms with van der Waals surface area (Å²) in [5.74, 6) is 1.77. The molecule has 0 saturated heterocycles. The van der Waals surface area contributed by atoms with Gasteiger partial charge in [0.25, 0.3) is 0 Å². The Morgan fingerprint density at radius 1 is 1.10 bits per heavy atom. The van der Waals surface area contributed by atoms with E-state index in [0.29, 0.717) is 17.8 Å². The van der Waals surface area contributed by atoms with Gasteiger partial charge in [0.2, 0.25) is 5.91 Å². The van der Waals surface area contributed by atoms with Gasteiger partial charge in [-0.3, -0.25) is 9.59 Å². The van der Waals surface area contributed by atoms with E-state index < -0.39 is 0 Å². The van der Waals surface area contributed by atoms with Gasteiger partial charge in [-0.2, -0.15) is 5.10 Å². The molecule has 4 aliphatic carbocycles. The second-order valence-corrected chi connectivity index (χ2v) is 10.7. The number of hydrogen-bond donors (Lipinski definition) is 0. The van der Waals surface area contributed by atoms with E-state index in [1.807, 2.05) is 0 Å². The molecule has 30 heavy (non-hydrogen) atoms. The zero-order chi connectivity index (χ0) is 21.4. The maximum atomic E-state index is 12.2. The predicted molar refractivity (Wildman–Crippen MR) is 114 cm³/mol. The molecule has 5 heteroatoms. The normalized spacial score (nSPS) is 39.3. The van der Waals surface area contributed by atoms with Crippen molar-refractivity contribution in [2.75, 3.05) is 0 Å². The molecule has 6 atom stereocenters. The summed E-state index contributed by atoms with van der Waals surface area (Å²) in [6.07, 6.45) is 10.00. The maximum Gasteiger partial charge on any atom is 0.302 e. The number of hydrogen-bond acceptors (Lipinski definition) is 4. The highest BCUT2D eigenvalue weighted by Gasteiger charge is 2.59. The fourth-order valence-corrected chi connectivity index (χ4v) is 7.95. The van der Waals surface area contributed by atoms with E-state index in [1.54, 1.807) is 11.6 Å². The van der Waals surface area contributed by atoms with Crippen LogP contribution in [-0.4, -0.2) is 27.8 Å². The second kappa shape index (κ2) is 6.54. The molecule has 1 aromatic heterocycles. The molecule has 162 valence electrons. The minimum absolute atomic E-state index is 0.0275. The van der Waals surface area contributed by atoms with E-state index in [1.165, 1.54) is 36.6 Å². The van der Waals surface area contributed by atoms with Gasteiger partial charge in [0.05, 0.1) is 11.4 Å². The summed E-state index contributed by atoms with van der Waals surface area (Å²) in [5.41, 5.74) is 5.45. The molecule has 2 fully saturated rings. The van der Waals surface area contributed by atoms with Gasteiger partial charge < -0.3 is 4.74 Å². The van der Waals surface area contributed by atoms with Gasteiger partial charge in [0.1, 0.15) is 6.10 Å². The number of nitrogens with zero attached hydrogens (tertiary/aromatic N) is 2. The van der Waals surface area contributed by atoms with E-state index in [-0.39, 0.29) is 28.8 Å². The molecule has 0 bridgehead atoms. The first-order valence-electron chi connectivity index (χ1n) is 11.6. The fraction of sp³-hybridized carbons (Fsp3) is 0.720. The Morgan fingerprint density at radius 3 is 2.53 bits per heavy atom. The van der Waals surface area contributed by atoms with E-state index in [4.69, 9.17) is 4.74 Å². The molecule has 1 aromatic rings. The SMILES string of the molecule is CC(=O)O[C@H]1CC[C@@]2(C)C(=CC[C@@H]3[C@H]4Cc5c(c(C)nn5C(C)=O)[C@@]4(C)CC[C@@H]32)C1. The Kier molecular flexibility index (Phi) is 4.37. The average Bonchev–Trinajstić information content (AvgIpc) is 3.16. The third kappa shape index (κ3) is 2.63. The van der Waals surface area contributed by atoms with Gasteiger partial charge in [-0.25, -0.2) is 4.68 Å². The Bertz CT molecular complexity index is 960. The maximum absolute atomic E-state index is 12.2. The minimum Gasteiger partial charge on any atom is -0.462 e. The molecular formula is C25H34N2O3. The van der Waals surface area contributed by atoms with Crippen LogP contribution < -0.4 is 0 Å². The number of carbonyl (C=O) groups is 2. The van der Waals surface area contributed by atoms with Crippen molar-refractivity contribution in [3.63, 3.8) is 0 Å². The topological polar surface area (TPSA) is 61.2 Å². The molecular weight excluding hydrogens is 376 g/mol. The molecule has 0 aromatic carbocycles. The molecule has 1 heterocycles. The highest BCUT2D eigenvalue weighted by Crippen LogP contribution is 2.64. The van der Waals surface area contributed by atoms with Crippen LogP contribution in [-0.2, 0) is 21.4 Å². The van der Waals surface area contributed by atoms with Gasteiger partial charge in [-0.05, 0) is 74.0 Å². The number of aromatic nitrogens is 2. The van der Waals surface area contributed by atoms with Crippen molar-refractivity contribution in [2.45, 2.75) is 91.1 Å². The summed E-state index contributed by atoms with van der Waals surface area (Å²) in [6, 6.07) is 0. The Labute approximate surface area is 179 Å². The van der Waals surface area contributed by atoms with Crippen LogP contribution in [0, 0.1) is 30.1 Å². The molecule has 5 rings (SSSR count). The average molecular weight is 411 g/mol. The standard InChI is InChI=1S/C25H34N2O3/c1-14-23-22(27(26-14)15(2)28)13-21-19-7-6-17-12-18(30-16(3)29)8-10-24(17,4)20(19)9-11-25(21,23)5/h6,18-21H,7-13H2,1-5H3/t18-,19-,20-,21+,24-,25-/m0/s1. The lowest BCUT2D eigenvalue weighted by Gasteiger charge is -2.57. The monoisotopic (exact) mass is 410 g/mol. The number of carbonyl (C=O) groups excluding carboxylic acids is 2. The van der Waals surface area contributed by atoms with Gasteiger partial charge in [-0.15, -0.1) is 0 Å². The first kappa shape index (κ1) is 20.0. The summed E-state index contributed by atoms with van der Waals surface area (Å²) in [7, 11) is 0. The lowest BCUT2D eigenvalue weighted by atomic mass is 9.47. The molecule has 0 radical (unpaired) electrons. The van der Waals surface area contributed by atoms with Crippen LogP contribution >= 0.6 is 0 Å². The van der Waals surface area contributed by atoms with Crippen LogP contribution in [0.25, 0.3) is 0 Å². The Morgan fingerprint density at radius 2 is 1.83 bits per heavy atom. The molecule has 0 spiro atoms. The molecule has 0 N–H and O–H groups in total. The van der Waals surface area contributed by atoms with Crippen LogP contribution in [0.3, 0.4) is 0 Å². The quantitative estimate of drug-likeness (QED) is 0.495. The molecule has 5 nitrogen and oxygen atoms in total. The number of ether oxygens (including phenoxy) is 1. The highest BCUT2D eigenvalue weighted by molar-refractivity contribution is 5.77. The van der Waals surface area contributed by atoms with Gasteiger partial charge in [0, 0.05) is 25.8 Å². The summed E-state index contributed by atoms with van der Waals surface area (Å²) < 4.78 is 7.25. The van der Waals surface area contributed by atoms with Crippen LogP contribution in [0.4, 0.5) is 0 Å². The highest BCUT2D eigenvalue weighted by atomic mass is 16.5. The van der Waals surface area contributed by atoms with Gasteiger partial charge in [-0.1, -0.05) is 25.5 Å². The van der Waals surface area contributed by atoms with Crippen molar-refractivity contribution < 1.29 is 14.3 Å². The van der Waals surface area contributed by atoms with E-state index in [9.17, 15) is 9.59 Å². The summed E-state index contributed by atoms with van der Waals surface area (Å²) in [5, 5.41) is 4.60. The van der Waals surface area contributed by atoms with Crippen molar-refractivity contribution in [2.24, 2.45) is 23.2 Å². The number of rotatable bonds is 1. The fourth-order valence-electron chi connectivity index (χ4n) is 7.95. The summed E-state index contributed by atoms with van der Waals surface area (Å²) in [6.45, 7) is 10.1. The van der Waals surface area contributed by atoms with Gasteiger partial charge >= 0.3 is 5.97 Å². The second-order valence-electron chi connectivity index (χ2n) is 10.7. The molecule has 0 amide bonds. The predicted octanol–water partition coefficient (Wildman–Crippen LogP) is 4.76. The van der Waals surface area contributed by atoms with Crippen molar-refractivity contribution >= 4 is 11.9 Å². The number of aryl methyl sites for hydroxylation is 1. The summed E-state index contributed by atoms with van der Waals surface area (Å²) >= 11 is 0. The number of esters is 1. The first-order valence-corrected chi connectivity index (χ1v) is 11.6. The van der Waals surface area contributed by atoms with Crippen LogP contribution in [0.1, 0.15) is 88.0 Å². The molecule has 0 unspecified atom stereocenters. The number of fused-ring (bicyclic) bond motifs is 7. The lowest BCUT2D eigenvalue weighted by Crippen LogP contribution is -2.51. The van der Waals surface area contributed by atoms with Crippen molar-refractivity contribution in [3.8, 4) is 0 Å². The summed E-state index contributed by atoms with van der Waals surface area (Å²) in [4.78, 5) is 23.7. The minimum atomic E-state index is -0.162. The Balaban J connectivity index is 1.47. The Hall–Kier alpha value is -1.91. The first-order chi connectivity index (χ1) is 14.1. The van der Waals surface area contributed by atoms with Crippen molar-refractivity contribution in [1.82, 2.24) is 9.78 Å². The third-order valence-electron chi connectivity index (χ3n) is 9.22. The lowest BCUT2D eigenvalue weighted by molar-refractivity contribution is -0.148. The molecule has 4 aliphatic rings. The zero-order valence-corrected chi connectivity index (χ0v) is 19.0. The van der Waals surface area contributed by atoms with Gasteiger partial charge in [0.15, 0.2) is 0 Å². The van der Waals surface area contributed by atoms with E-state index in [0.717, 1.165) is 37.8 Å². The van der Waals surface area contributed by atoms with Crippen molar-refractivity contribution in [1.29, 1.82) is 0 Å². The van der Waals surface area contributed by atoms with Crippen molar-refractivity contribution in [3.05, 3.63) is 28.6 Å². The zero-order valence-electron chi connectivity index (χ0n) is 19.0. The van der Waals surface area contributed by atoms with E-state index in [2.05, 4.69) is 31.9 Å². The van der Waals surface area contributed by atoms with Crippen LogP contribution in [0.15, 0.2) is 11.6 Å².